The highest BCUT2D eigenvalue weighted by atomic mass is 32.2. The number of nitrogens with zero attached hydrogens (tertiary/aromatic N) is 1. The summed E-state index contributed by atoms with van der Waals surface area (Å²) < 4.78 is 33.3. The highest BCUT2D eigenvalue weighted by molar-refractivity contribution is 7.87. The summed E-state index contributed by atoms with van der Waals surface area (Å²) in [6.45, 7) is 5.90. The first-order valence-electron chi connectivity index (χ1n) is 9.50. The van der Waals surface area contributed by atoms with Crippen molar-refractivity contribution in [1.29, 1.82) is 0 Å². The number of benzene rings is 2. The van der Waals surface area contributed by atoms with Crippen molar-refractivity contribution in [1.82, 2.24) is 4.90 Å². The van der Waals surface area contributed by atoms with Gasteiger partial charge < -0.3 is 19.1 Å². The number of hydrogen-bond donors (Lipinski definition) is 1. The van der Waals surface area contributed by atoms with Gasteiger partial charge in [0.15, 0.2) is 0 Å². The van der Waals surface area contributed by atoms with Gasteiger partial charge in [-0.25, -0.2) is 4.79 Å². The number of carbonyl (C=O) groups is 1. The first kappa shape index (κ1) is 22.5. The number of carbonyl (C=O) groups excluding carboxylic acids is 1. The SMILES string of the molecule is CC[C@H](C)N(Cc1ccc(OS(=O)(=O)CC)cc1)C(=O)Nc1cccc(OC)c1. The molecule has 0 saturated carbocycles. The Balaban J connectivity index is 2.12. The number of hydrogen-bond acceptors (Lipinski definition) is 5. The van der Waals surface area contributed by atoms with Crippen LogP contribution in [0, 0.1) is 0 Å². The maximum Gasteiger partial charge on any atom is 0.322 e. The Labute approximate surface area is 172 Å². The summed E-state index contributed by atoms with van der Waals surface area (Å²) in [6.07, 6.45) is 0.793. The zero-order valence-corrected chi connectivity index (χ0v) is 18.0. The summed E-state index contributed by atoms with van der Waals surface area (Å²) in [6, 6.07) is 13.7. The Hall–Kier alpha value is -2.74. The van der Waals surface area contributed by atoms with E-state index in [-0.39, 0.29) is 23.6 Å². The topological polar surface area (TPSA) is 84.9 Å². The lowest BCUT2D eigenvalue weighted by Crippen LogP contribution is -2.40. The third-order valence-electron chi connectivity index (χ3n) is 4.56. The molecule has 0 aliphatic rings. The van der Waals surface area contributed by atoms with Crippen LogP contribution in [0.25, 0.3) is 0 Å². The second-order valence-corrected chi connectivity index (χ2v) is 8.48. The predicted octanol–water partition coefficient (Wildman–Crippen LogP) is 4.26. The van der Waals surface area contributed by atoms with E-state index >= 15 is 0 Å². The molecule has 1 atom stereocenters. The summed E-state index contributed by atoms with van der Waals surface area (Å²) >= 11 is 0. The zero-order chi connectivity index (χ0) is 21.4. The molecule has 1 N–H and O–H groups in total. The molecule has 0 aliphatic carbocycles. The minimum Gasteiger partial charge on any atom is -0.497 e. The third-order valence-corrected chi connectivity index (χ3v) is 5.71. The molecule has 0 spiro atoms. The van der Waals surface area contributed by atoms with Crippen LogP contribution in [-0.4, -0.2) is 38.3 Å². The van der Waals surface area contributed by atoms with Crippen molar-refractivity contribution in [2.45, 2.75) is 39.8 Å². The average Bonchev–Trinajstić information content (AvgIpc) is 2.72. The number of nitrogens with one attached hydrogen (secondary N) is 1. The molecular formula is C21H28N2O5S. The Morgan fingerprint density at radius 2 is 1.79 bits per heavy atom. The minimum absolute atomic E-state index is 0.0111. The largest absolute Gasteiger partial charge is 0.497 e. The van der Waals surface area contributed by atoms with E-state index in [2.05, 4.69) is 5.32 Å². The van der Waals surface area contributed by atoms with Gasteiger partial charge in [0.25, 0.3) is 0 Å². The summed E-state index contributed by atoms with van der Waals surface area (Å²) in [5.74, 6) is 0.822. The van der Waals surface area contributed by atoms with Crippen molar-refractivity contribution in [3.8, 4) is 11.5 Å². The van der Waals surface area contributed by atoms with Crippen molar-refractivity contribution < 1.29 is 22.1 Å². The Morgan fingerprint density at radius 3 is 2.38 bits per heavy atom. The lowest BCUT2D eigenvalue weighted by atomic mass is 10.1. The predicted molar refractivity (Wildman–Crippen MR) is 114 cm³/mol. The van der Waals surface area contributed by atoms with Crippen LogP contribution in [-0.2, 0) is 16.7 Å². The Kier molecular flexibility index (Phi) is 7.90. The second kappa shape index (κ2) is 10.2. The van der Waals surface area contributed by atoms with Gasteiger partial charge in [0, 0.05) is 24.3 Å². The fourth-order valence-electron chi connectivity index (χ4n) is 2.60. The smallest absolute Gasteiger partial charge is 0.322 e. The third kappa shape index (κ3) is 6.67. The van der Waals surface area contributed by atoms with Gasteiger partial charge in [0.1, 0.15) is 11.5 Å². The molecule has 8 heteroatoms. The molecule has 29 heavy (non-hydrogen) atoms. The van der Waals surface area contributed by atoms with Crippen LogP contribution in [0.1, 0.15) is 32.8 Å². The van der Waals surface area contributed by atoms with E-state index in [9.17, 15) is 13.2 Å². The van der Waals surface area contributed by atoms with Crippen LogP contribution in [0.4, 0.5) is 10.5 Å². The Bertz CT molecular complexity index is 913. The summed E-state index contributed by atoms with van der Waals surface area (Å²) in [5.41, 5.74) is 1.52. The van der Waals surface area contributed by atoms with Gasteiger partial charge in [0.2, 0.25) is 0 Å². The molecule has 7 nitrogen and oxygen atoms in total. The standard InChI is InChI=1S/C21H28N2O5S/c1-5-16(3)23(21(24)22-18-8-7-9-20(14-18)27-4)15-17-10-12-19(13-11-17)28-29(25,26)6-2/h7-14,16H,5-6,15H2,1-4H3,(H,22,24)/t16-/m0/s1. The zero-order valence-electron chi connectivity index (χ0n) is 17.2. The van der Waals surface area contributed by atoms with E-state index in [0.717, 1.165) is 12.0 Å². The van der Waals surface area contributed by atoms with E-state index in [1.165, 1.54) is 6.92 Å². The number of anilines is 1. The normalized spacial score (nSPS) is 12.1. The van der Waals surface area contributed by atoms with Gasteiger partial charge in [-0.05, 0) is 50.1 Å². The van der Waals surface area contributed by atoms with Gasteiger partial charge in [0.05, 0.1) is 12.9 Å². The van der Waals surface area contributed by atoms with Gasteiger partial charge in [-0.2, -0.15) is 8.42 Å². The van der Waals surface area contributed by atoms with Crippen molar-refractivity contribution >= 4 is 21.8 Å². The van der Waals surface area contributed by atoms with Crippen LogP contribution in [0.15, 0.2) is 48.5 Å². The molecule has 2 rings (SSSR count). The molecule has 2 aromatic carbocycles. The fraction of sp³-hybridized carbons (Fsp3) is 0.381. The maximum atomic E-state index is 12.9. The van der Waals surface area contributed by atoms with E-state index < -0.39 is 10.1 Å². The molecule has 0 bridgehead atoms. The summed E-state index contributed by atoms with van der Waals surface area (Å²) in [7, 11) is -1.99. The molecule has 0 heterocycles. The van der Waals surface area contributed by atoms with Crippen molar-refractivity contribution in [2.24, 2.45) is 0 Å². The monoisotopic (exact) mass is 420 g/mol. The Morgan fingerprint density at radius 1 is 1.10 bits per heavy atom. The van der Waals surface area contributed by atoms with Crippen molar-refractivity contribution in [3.05, 3.63) is 54.1 Å². The number of methoxy groups -OCH3 is 1. The van der Waals surface area contributed by atoms with Crippen LogP contribution in [0.5, 0.6) is 11.5 Å². The van der Waals surface area contributed by atoms with Crippen molar-refractivity contribution in [2.75, 3.05) is 18.2 Å². The molecule has 0 fully saturated rings. The number of amides is 2. The van der Waals surface area contributed by atoms with Gasteiger partial charge in [-0.1, -0.05) is 25.1 Å². The summed E-state index contributed by atoms with van der Waals surface area (Å²) in [5, 5.41) is 2.91. The lowest BCUT2D eigenvalue weighted by molar-refractivity contribution is 0.187. The molecule has 158 valence electrons. The number of ether oxygens (including phenoxy) is 1. The van der Waals surface area contributed by atoms with Crippen LogP contribution in [0.3, 0.4) is 0 Å². The van der Waals surface area contributed by atoms with E-state index in [4.69, 9.17) is 8.92 Å². The first-order valence-corrected chi connectivity index (χ1v) is 11.1. The molecule has 0 unspecified atom stereocenters. The molecular weight excluding hydrogens is 392 g/mol. The van der Waals surface area contributed by atoms with Gasteiger partial charge in [-0.3, -0.25) is 0 Å². The fourth-order valence-corrected chi connectivity index (χ4v) is 3.12. The van der Waals surface area contributed by atoms with E-state index in [0.29, 0.717) is 18.0 Å². The quantitative estimate of drug-likeness (QED) is 0.613. The van der Waals surface area contributed by atoms with Crippen LogP contribution >= 0.6 is 0 Å². The van der Waals surface area contributed by atoms with Crippen LogP contribution in [0.2, 0.25) is 0 Å². The second-order valence-electron chi connectivity index (χ2n) is 6.62. The van der Waals surface area contributed by atoms with Gasteiger partial charge in [-0.15, -0.1) is 0 Å². The van der Waals surface area contributed by atoms with Gasteiger partial charge >= 0.3 is 16.1 Å². The molecule has 0 aliphatic heterocycles. The average molecular weight is 421 g/mol. The lowest BCUT2D eigenvalue weighted by Gasteiger charge is -2.29. The first-order chi connectivity index (χ1) is 13.8. The minimum atomic E-state index is -3.56. The molecule has 2 aromatic rings. The van der Waals surface area contributed by atoms with E-state index in [1.807, 2.05) is 26.0 Å². The molecule has 0 aromatic heterocycles. The highest BCUT2D eigenvalue weighted by Gasteiger charge is 2.20. The highest BCUT2D eigenvalue weighted by Crippen LogP contribution is 2.20. The number of urea groups is 1. The van der Waals surface area contributed by atoms with Crippen molar-refractivity contribution in [3.63, 3.8) is 0 Å². The molecule has 0 saturated heterocycles. The number of rotatable bonds is 9. The summed E-state index contributed by atoms with van der Waals surface area (Å²) in [4.78, 5) is 14.6. The maximum absolute atomic E-state index is 12.9. The van der Waals surface area contributed by atoms with Crippen LogP contribution < -0.4 is 14.2 Å². The molecule has 0 radical (unpaired) electrons. The van der Waals surface area contributed by atoms with E-state index in [1.54, 1.807) is 48.4 Å². The molecule has 2 amide bonds.